The lowest BCUT2D eigenvalue weighted by Crippen LogP contribution is -2.51. The molecule has 0 spiro atoms. The molecule has 38 heavy (non-hydrogen) atoms. The van der Waals surface area contributed by atoms with Crippen LogP contribution in [0.15, 0.2) is 71.6 Å². The van der Waals surface area contributed by atoms with E-state index in [2.05, 4.69) is 5.32 Å². The summed E-state index contributed by atoms with van der Waals surface area (Å²) in [4.78, 5) is 28.2. The van der Waals surface area contributed by atoms with E-state index < -0.39 is 28.5 Å². The van der Waals surface area contributed by atoms with E-state index in [-0.39, 0.29) is 17.3 Å². The molecule has 0 aromatic heterocycles. The number of sulfonamides is 1. The van der Waals surface area contributed by atoms with Crippen molar-refractivity contribution in [2.45, 2.75) is 44.7 Å². The van der Waals surface area contributed by atoms with E-state index in [0.717, 1.165) is 9.87 Å². The number of halogens is 2. The molecule has 3 aromatic carbocycles. The van der Waals surface area contributed by atoms with E-state index in [1.54, 1.807) is 68.4 Å². The van der Waals surface area contributed by atoms with Crippen LogP contribution in [-0.4, -0.2) is 44.8 Å². The molecule has 0 heterocycles. The summed E-state index contributed by atoms with van der Waals surface area (Å²) in [5, 5.41) is 3.28. The van der Waals surface area contributed by atoms with Crippen LogP contribution in [0.3, 0.4) is 0 Å². The number of amides is 2. The average molecular weight is 577 g/mol. The van der Waals surface area contributed by atoms with Gasteiger partial charge in [0.05, 0.1) is 20.6 Å². The Morgan fingerprint density at radius 3 is 2.18 bits per heavy atom. The van der Waals surface area contributed by atoms with Gasteiger partial charge >= 0.3 is 0 Å². The van der Waals surface area contributed by atoms with Crippen LogP contribution in [0.5, 0.6) is 0 Å². The molecule has 10 heteroatoms. The van der Waals surface area contributed by atoms with Crippen LogP contribution in [0, 0.1) is 13.8 Å². The van der Waals surface area contributed by atoms with Gasteiger partial charge in [0.2, 0.25) is 11.8 Å². The number of nitrogens with zero attached hydrogens (tertiary/aromatic N) is 2. The van der Waals surface area contributed by atoms with Crippen molar-refractivity contribution in [2.24, 2.45) is 0 Å². The summed E-state index contributed by atoms with van der Waals surface area (Å²) in [5.74, 6) is -0.893. The van der Waals surface area contributed by atoms with Crippen molar-refractivity contribution in [3.8, 4) is 0 Å². The molecule has 202 valence electrons. The molecule has 1 N–H and O–H groups in total. The van der Waals surface area contributed by atoms with E-state index in [0.29, 0.717) is 33.3 Å². The lowest BCUT2D eigenvalue weighted by Gasteiger charge is -2.33. The SMILES string of the molecule is CCC(C(=O)NC)N(Cc1ccc(Cl)c(Cl)c1)C(=O)CN(c1ccccc1C)S(=O)(=O)c1ccc(C)cc1. The molecule has 0 aliphatic carbocycles. The molecule has 1 atom stereocenters. The van der Waals surface area contributed by atoms with Gasteiger partial charge in [-0.15, -0.1) is 0 Å². The Bertz CT molecular complexity index is 1410. The molecule has 7 nitrogen and oxygen atoms in total. The zero-order chi connectivity index (χ0) is 28.0. The number of likely N-dealkylation sites (N-methyl/N-ethyl adjacent to an activating group) is 1. The Morgan fingerprint density at radius 2 is 1.61 bits per heavy atom. The van der Waals surface area contributed by atoms with E-state index in [1.165, 1.54) is 24.1 Å². The Labute approximate surface area is 234 Å². The first-order valence-electron chi connectivity index (χ1n) is 12.1. The molecular weight excluding hydrogens is 545 g/mol. The minimum Gasteiger partial charge on any atom is -0.357 e. The first-order chi connectivity index (χ1) is 18.0. The Kier molecular flexibility index (Phi) is 9.82. The van der Waals surface area contributed by atoms with Crippen molar-refractivity contribution in [1.29, 1.82) is 0 Å². The lowest BCUT2D eigenvalue weighted by molar-refractivity contribution is -0.140. The number of nitrogens with one attached hydrogen (secondary N) is 1. The quantitative estimate of drug-likeness (QED) is 0.352. The van der Waals surface area contributed by atoms with Crippen LogP contribution in [0.1, 0.15) is 30.0 Å². The first-order valence-corrected chi connectivity index (χ1v) is 14.3. The van der Waals surface area contributed by atoms with Crippen LogP contribution >= 0.6 is 23.2 Å². The number of rotatable bonds is 10. The number of carbonyl (C=O) groups excluding carboxylic acids is 2. The second kappa shape index (κ2) is 12.7. The predicted octanol–water partition coefficient (Wildman–Crippen LogP) is 5.36. The van der Waals surface area contributed by atoms with Gasteiger partial charge in [0.25, 0.3) is 10.0 Å². The molecule has 0 fully saturated rings. The van der Waals surface area contributed by atoms with Crippen LogP contribution in [0.4, 0.5) is 5.69 Å². The largest absolute Gasteiger partial charge is 0.357 e. The second-order valence-electron chi connectivity index (χ2n) is 8.92. The lowest BCUT2D eigenvalue weighted by atomic mass is 10.1. The van der Waals surface area contributed by atoms with E-state index in [9.17, 15) is 18.0 Å². The third-order valence-corrected chi connectivity index (χ3v) is 8.75. The van der Waals surface area contributed by atoms with Crippen molar-refractivity contribution < 1.29 is 18.0 Å². The standard InChI is InChI=1S/C28H31Cl2N3O4S/c1-5-25(28(35)31-4)32(17-21-12-15-23(29)24(30)16-21)27(34)18-33(26-9-7-6-8-20(26)3)38(36,37)22-13-10-19(2)11-14-22/h6-16,25H,5,17-18H2,1-4H3,(H,31,35). The minimum atomic E-state index is -4.12. The van der Waals surface area contributed by atoms with Crippen molar-refractivity contribution in [2.75, 3.05) is 17.9 Å². The summed E-state index contributed by atoms with van der Waals surface area (Å²) in [6, 6.07) is 17.5. The third-order valence-electron chi connectivity index (χ3n) is 6.24. The molecule has 1 unspecified atom stereocenters. The molecule has 2 amide bonds. The Morgan fingerprint density at radius 1 is 0.947 bits per heavy atom. The summed E-state index contributed by atoms with van der Waals surface area (Å²) in [7, 11) is -2.62. The van der Waals surface area contributed by atoms with Gasteiger partial charge in [-0.2, -0.15) is 0 Å². The van der Waals surface area contributed by atoms with Crippen LogP contribution in [-0.2, 0) is 26.2 Å². The second-order valence-corrected chi connectivity index (χ2v) is 11.6. The van der Waals surface area contributed by atoms with Gasteiger partial charge in [0.1, 0.15) is 12.6 Å². The molecule has 3 rings (SSSR count). The maximum Gasteiger partial charge on any atom is 0.264 e. The molecule has 0 saturated heterocycles. The summed E-state index contributed by atoms with van der Waals surface area (Å²) in [5.41, 5.74) is 2.62. The third kappa shape index (κ3) is 6.67. The predicted molar refractivity (Wildman–Crippen MR) is 152 cm³/mol. The van der Waals surface area contributed by atoms with E-state index in [1.807, 2.05) is 6.92 Å². The summed E-state index contributed by atoms with van der Waals surface area (Å²) < 4.78 is 28.8. The zero-order valence-corrected chi connectivity index (χ0v) is 24.1. The van der Waals surface area contributed by atoms with Crippen LogP contribution in [0.2, 0.25) is 10.0 Å². The highest BCUT2D eigenvalue weighted by Crippen LogP contribution is 2.28. The Hall–Kier alpha value is -3.07. The fraction of sp³-hybridized carbons (Fsp3) is 0.286. The van der Waals surface area contributed by atoms with Crippen LogP contribution in [0.25, 0.3) is 0 Å². The number of benzene rings is 3. The normalized spacial score (nSPS) is 12.1. The monoisotopic (exact) mass is 575 g/mol. The molecule has 0 radical (unpaired) electrons. The number of anilines is 1. The van der Waals surface area contributed by atoms with Crippen molar-refractivity contribution in [1.82, 2.24) is 10.2 Å². The molecule has 0 aliphatic rings. The van der Waals surface area contributed by atoms with Crippen molar-refractivity contribution >= 4 is 50.7 Å². The van der Waals surface area contributed by atoms with Gasteiger partial charge in [0.15, 0.2) is 0 Å². The van der Waals surface area contributed by atoms with E-state index >= 15 is 0 Å². The van der Waals surface area contributed by atoms with Crippen molar-refractivity contribution in [3.63, 3.8) is 0 Å². The van der Waals surface area contributed by atoms with Crippen LogP contribution < -0.4 is 9.62 Å². The molecule has 3 aromatic rings. The Balaban J connectivity index is 2.08. The highest BCUT2D eigenvalue weighted by atomic mass is 35.5. The van der Waals surface area contributed by atoms with E-state index in [4.69, 9.17) is 23.2 Å². The molecular formula is C28H31Cl2N3O4S. The number of aryl methyl sites for hydroxylation is 2. The first kappa shape index (κ1) is 29.5. The van der Waals surface area contributed by atoms with Gasteiger partial charge in [0, 0.05) is 13.6 Å². The van der Waals surface area contributed by atoms with Gasteiger partial charge in [-0.05, 0) is 61.7 Å². The number of para-hydroxylation sites is 1. The maximum atomic E-state index is 13.9. The topological polar surface area (TPSA) is 86.8 Å². The molecule has 0 aliphatic heterocycles. The summed E-state index contributed by atoms with van der Waals surface area (Å²) >= 11 is 12.3. The average Bonchev–Trinajstić information content (AvgIpc) is 2.89. The number of hydrogen-bond donors (Lipinski definition) is 1. The highest BCUT2D eigenvalue weighted by Gasteiger charge is 2.33. The zero-order valence-electron chi connectivity index (χ0n) is 21.7. The number of hydrogen-bond acceptors (Lipinski definition) is 4. The smallest absolute Gasteiger partial charge is 0.264 e. The fourth-order valence-electron chi connectivity index (χ4n) is 4.11. The maximum absolute atomic E-state index is 13.9. The summed E-state index contributed by atoms with van der Waals surface area (Å²) in [6.45, 7) is 4.97. The molecule has 0 saturated carbocycles. The minimum absolute atomic E-state index is 0.0356. The highest BCUT2D eigenvalue weighted by molar-refractivity contribution is 7.92. The van der Waals surface area contributed by atoms with Gasteiger partial charge in [-0.25, -0.2) is 8.42 Å². The van der Waals surface area contributed by atoms with Gasteiger partial charge in [-0.1, -0.05) is 72.1 Å². The fourth-order valence-corrected chi connectivity index (χ4v) is 5.91. The molecule has 0 bridgehead atoms. The summed E-state index contributed by atoms with van der Waals surface area (Å²) in [6.07, 6.45) is 0.321. The van der Waals surface area contributed by atoms with Crippen molar-refractivity contribution in [3.05, 3.63) is 93.5 Å². The van der Waals surface area contributed by atoms with Gasteiger partial charge < -0.3 is 10.2 Å². The number of carbonyl (C=O) groups is 2. The van der Waals surface area contributed by atoms with Gasteiger partial charge in [-0.3, -0.25) is 13.9 Å².